The summed E-state index contributed by atoms with van der Waals surface area (Å²) in [7, 11) is 3.61. The first-order chi connectivity index (χ1) is 12.3. The van der Waals surface area contributed by atoms with Gasteiger partial charge in [-0.25, -0.2) is 0 Å². The molecule has 2 N–H and O–H groups in total. The molecule has 5 heteroatoms. The van der Waals surface area contributed by atoms with Gasteiger partial charge >= 0.3 is 0 Å². The Labute approximate surface area is 152 Å². The van der Waals surface area contributed by atoms with Crippen molar-refractivity contribution in [1.82, 2.24) is 15.5 Å². The van der Waals surface area contributed by atoms with Crippen molar-refractivity contribution < 1.29 is 4.74 Å². The number of methoxy groups -OCH3 is 1. The normalized spacial score (nSPS) is 16.8. The van der Waals surface area contributed by atoms with Crippen molar-refractivity contribution in [3.05, 3.63) is 35.4 Å². The lowest BCUT2D eigenvalue weighted by Crippen LogP contribution is -2.43. The van der Waals surface area contributed by atoms with Gasteiger partial charge in [0.15, 0.2) is 5.96 Å². The molecule has 0 unspecified atom stereocenters. The number of nitrogens with one attached hydrogen (secondary N) is 2. The molecule has 1 aliphatic heterocycles. The zero-order valence-corrected chi connectivity index (χ0v) is 16.1. The molecule has 0 aliphatic carbocycles. The summed E-state index contributed by atoms with van der Waals surface area (Å²) < 4.78 is 5.17. The van der Waals surface area contributed by atoms with Crippen molar-refractivity contribution in [2.24, 2.45) is 10.9 Å². The fraction of sp³-hybridized carbons (Fsp3) is 0.650. The second-order valence-corrected chi connectivity index (χ2v) is 6.71. The van der Waals surface area contributed by atoms with Gasteiger partial charge in [-0.3, -0.25) is 4.99 Å². The number of hydrogen-bond acceptors (Lipinski definition) is 3. The largest absolute Gasteiger partial charge is 0.383 e. The predicted molar refractivity (Wildman–Crippen MR) is 105 cm³/mol. The lowest BCUT2D eigenvalue weighted by Gasteiger charge is -2.32. The van der Waals surface area contributed by atoms with Crippen LogP contribution in [0.1, 0.15) is 30.9 Å². The van der Waals surface area contributed by atoms with Crippen LogP contribution in [-0.4, -0.2) is 57.8 Å². The van der Waals surface area contributed by atoms with Crippen LogP contribution in [0.4, 0.5) is 0 Å². The zero-order valence-electron chi connectivity index (χ0n) is 16.1. The van der Waals surface area contributed by atoms with E-state index < -0.39 is 0 Å². The Morgan fingerprint density at radius 2 is 1.92 bits per heavy atom. The number of benzene rings is 1. The molecule has 1 fully saturated rings. The molecular weight excluding hydrogens is 312 g/mol. The molecule has 0 aromatic heterocycles. The molecule has 25 heavy (non-hydrogen) atoms. The summed E-state index contributed by atoms with van der Waals surface area (Å²) in [5.74, 6) is 1.62. The van der Waals surface area contributed by atoms with E-state index in [0.717, 1.165) is 44.5 Å². The number of nitrogens with zero attached hydrogens (tertiary/aromatic N) is 2. The number of aryl methyl sites for hydroxylation is 1. The van der Waals surface area contributed by atoms with Gasteiger partial charge in [0.1, 0.15) is 0 Å². The monoisotopic (exact) mass is 346 g/mol. The van der Waals surface area contributed by atoms with Crippen LogP contribution in [0.5, 0.6) is 0 Å². The third kappa shape index (κ3) is 6.67. The Morgan fingerprint density at radius 1 is 1.20 bits per heavy atom. The molecule has 5 nitrogen and oxygen atoms in total. The maximum atomic E-state index is 5.17. The van der Waals surface area contributed by atoms with Crippen LogP contribution in [0.3, 0.4) is 0 Å². The summed E-state index contributed by atoms with van der Waals surface area (Å²) in [6, 6.07) is 8.59. The van der Waals surface area contributed by atoms with E-state index in [9.17, 15) is 0 Å². The van der Waals surface area contributed by atoms with Crippen molar-refractivity contribution in [2.45, 2.75) is 32.7 Å². The first-order valence-electron chi connectivity index (χ1n) is 9.49. The van der Waals surface area contributed by atoms with Gasteiger partial charge in [-0.2, -0.15) is 0 Å². The van der Waals surface area contributed by atoms with Crippen molar-refractivity contribution in [1.29, 1.82) is 0 Å². The molecule has 1 heterocycles. The molecule has 1 aromatic rings. The Balaban J connectivity index is 1.70. The summed E-state index contributed by atoms with van der Waals surface area (Å²) in [5, 5.41) is 6.95. The molecular formula is C20H34N4O. The van der Waals surface area contributed by atoms with E-state index in [1.807, 2.05) is 7.05 Å². The molecule has 0 atom stereocenters. The van der Waals surface area contributed by atoms with Crippen LogP contribution in [-0.2, 0) is 17.7 Å². The highest BCUT2D eigenvalue weighted by Gasteiger charge is 2.18. The number of rotatable bonds is 8. The second kappa shape index (κ2) is 11.1. The summed E-state index contributed by atoms with van der Waals surface area (Å²) in [5.41, 5.74) is 2.74. The second-order valence-electron chi connectivity index (χ2n) is 6.71. The smallest absolute Gasteiger partial charge is 0.191 e. The van der Waals surface area contributed by atoms with Crippen molar-refractivity contribution >= 4 is 5.96 Å². The maximum absolute atomic E-state index is 5.17. The molecule has 1 aliphatic rings. The van der Waals surface area contributed by atoms with E-state index in [4.69, 9.17) is 4.74 Å². The van der Waals surface area contributed by atoms with Gasteiger partial charge in [0.2, 0.25) is 0 Å². The quantitative estimate of drug-likeness (QED) is 0.560. The van der Waals surface area contributed by atoms with E-state index in [2.05, 4.69) is 51.7 Å². The average molecular weight is 347 g/mol. The Kier molecular flexibility index (Phi) is 8.77. The Bertz CT molecular complexity index is 524. The number of aliphatic imine (C=N–C) groups is 1. The SMILES string of the molecule is CCc1ccccc1CNC(=NC)NCC1CCN(CCOC)CC1. The first-order valence-corrected chi connectivity index (χ1v) is 9.49. The minimum Gasteiger partial charge on any atom is -0.383 e. The van der Waals surface area contributed by atoms with E-state index in [-0.39, 0.29) is 0 Å². The van der Waals surface area contributed by atoms with E-state index in [1.54, 1.807) is 7.11 Å². The average Bonchev–Trinajstić information content (AvgIpc) is 2.67. The standard InChI is InChI=1S/C20H34N4O/c1-4-18-7-5-6-8-19(18)16-23-20(21-2)22-15-17-9-11-24(12-10-17)13-14-25-3/h5-8,17H,4,9-16H2,1-3H3,(H2,21,22,23). The fourth-order valence-electron chi connectivity index (χ4n) is 3.35. The Morgan fingerprint density at radius 3 is 2.56 bits per heavy atom. The van der Waals surface area contributed by atoms with Crippen LogP contribution < -0.4 is 10.6 Å². The third-order valence-electron chi connectivity index (χ3n) is 5.05. The third-order valence-corrected chi connectivity index (χ3v) is 5.05. The van der Waals surface area contributed by atoms with Gasteiger partial charge < -0.3 is 20.3 Å². The molecule has 0 radical (unpaired) electrons. The highest BCUT2D eigenvalue weighted by molar-refractivity contribution is 5.79. The zero-order chi connectivity index (χ0) is 17.9. The number of ether oxygens (including phenoxy) is 1. The number of likely N-dealkylation sites (tertiary alicyclic amines) is 1. The first kappa shape index (κ1) is 19.7. The summed E-state index contributed by atoms with van der Waals surface area (Å²) >= 11 is 0. The van der Waals surface area contributed by atoms with Gasteiger partial charge in [0.05, 0.1) is 6.61 Å². The number of piperidine rings is 1. The lowest BCUT2D eigenvalue weighted by atomic mass is 9.97. The summed E-state index contributed by atoms with van der Waals surface area (Å²) in [4.78, 5) is 6.86. The van der Waals surface area contributed by atoms with Gasteiger partial charge in [0.25, 0.3) is 0 Å². The highest BCUT2D eigenvalue weighted by atomic mass is 16.5. The van der Waals surface area contributed by atoms with Crippen molar-refractivity contribution in [3.63, 3.8) is 0 Å². The lowest BCUT2D eigenvalue weighted by molar-refractivity contribution is 0.121. The summed E-state index contributed by atoms with van der Waals surface area (Å²) in [6.45, 7) is 8.24. The number of guanidine groups is 1. The van der Waals surface area contributed by atoms with Crippen LogP contribution in [0.15, 0.2) is 29.3 Å². The Hall–Kier alpha value is -1.59. The van der Waals surface area contributed by atoms with Crippen molar-refractivity contribution in [2.75, 3.05) is 46.9 Å². The molecule has 0 amide bonds. The van der Waals surface area contributed by atoms with Crippen LogP contribution >= 0.6 is 0 Å². The molecule has 0 bridgehead atoms. The summed E-state index contributed by atoms with van der Waals surface area (Å²) in [6.07, 6.45) is 3.55. The topological polar surface area (TPSA) is 48.9 Å². The predicted octanol–water partition coefficient (Wildman–Crippen LogP) is 2.27. The van der Waals surface area contributed by atoms with E-state index in [0.29, 0.717) is 0 Å². The highest BCUT2D eigenvalue weighted by Crippen LogP contribution is 2.16. The molecule has 1 aromatic carbocycles. The number of hydrogen-bond donors (Lipinski definition) is 2. The fourth-order valence-corrected chi connectivity index (χ4v) is 3.35. The molecule has 1 saturated heterocycles. The molecule has 140 valence electrons. The van der Waals surface area contributed by atoms with Gasteiger partial charge in [-0.15, -0.1) is 0 Å². The van der Waals surface area contributed by atoms with Crippen LogP contribution in [0.2, 0.25) is 0 Å². The van der Waals surface area contributed by atoms with Gasteiger partial charge in [-0.1, -0.05) is 31.2 Å². The maximum Gasteiger partial charge on any atom is 0.191 e. The minimum atomic E-state index is 0.722. The minimum absolute atomic E-state index is 0.722. The molecule has 0 spiro atoms. The molecule has 0 saturated carbocycles. The van der Waals surface area contributed by atoms with Gasteiger partial charge in [-0.05, 0) is 49.4 Å². The molecule has 2 rings (SSSR count). The van der Waals surface area contributed by atoms with Crippen molar-refractivity contribution in [3.8, 4) is 0 Å². The van der Waals surface area contributed by atoms with E-state index >= 15 is 0 Å². The van der Waals surface area contributed by atoms with Gasteiger partial charge in [0, 0.05) is 33.8 Å². The van der Waals surface area contributed by atoms with Crippen LogP contribution in [0, 0.1) is 5.92 Å². The van der Waals surface area contributed by atoms with E-state index in [1.165, 1.54) is 37.1 Å². The van der Waals surface area contributed by atoms with Crippen LogP contribution in [0.25, 0.3) is 0 Å².